The van der Waals surface area contributed by atoms with Crippen LogP contribution in [0.5, 0.6) is 0 Å². The molecule has 0 unspecified atom stereocenters. The van der Waals surface area contributed by atoms with Crippen LogP contribution in [0.15, 0.2) is 30.0 Å². The predicted molar refractivity (Wildman–Crippen MR) is 72.6 cm³/mol. The Bertz CT molecular complexity index is 744. The Morgan fingerprint density at radius 2 is 2.35 bits per heavy atom. The smallest absolute Gasteiger partial charge is 0.358 e. The van der Waals surface area contributed by atoms with Gasteiger partial charge in [0.25, 0.3) is 0 Å². The van der Waals surface area contributed by atoms with E-state index in [0.29, 0.717) is 12.2 Å². The molecule has 102 valence electrons. The van der Waals surface area contributed by atoms with Crippen LogP contribution in [0, 0.1) is 0 Å². The van der Waals surface area contributed by atoms with Crippen molar-refractivity contribution >= 4 is 17.3 Å². The largest absolute Gasteiger partial charge is 0.476 e. The average Bonchev–Trinajstić information content (AvgIpc) is 3.11. The third-order valence-corrected chi connectivity index (χ3v) is 3.80. The molecule has 3 rings (SSSR count). The van der Waals surface area contributed by atoms with Crippen molar-refractivity contribution in [1.29, 1.82) is 0 Å². The summed E-state index contributed by atoms with van der Waals surface area (Å²) in [5.74, 6) is -1.08. The molecule has 3 aromatic heterocycles. The highest BCUT2D eigenvalue weighted by molar-refractivity contribution is 7.13. The number of imidazole rings is 1. The Balaban J connectivity index is 2.08. The molecule has 0 aliphatic carbocycles. The van der Waals surface area contributed by atoms with Gasteiger partial charge in [-0.05, 0) is 11.4 Å². The fourth-order valence-electron chi connectivity index (χ4n) is 1.92. The van der Waals surface area contributed by atoms with E-state index in [9.17, 15) is 9.90 Å². The molecular weight excluding hydrogens is 278 g/mol. The van der Waals surface area contributed by atoms with Crippen molar-refractivity contribution in [2.45, 2.75) is 6.54 Å². The van der Waals surface area contributed by atoms with Crippen LogP contribution in [0.1, 0.15) is 16.2 Å². The number of hydrogen-bond acceptors (Lipinski definition) is 5. The Morgan fingerprint density at radius 1 is 1.50 bits per heavy atom. The number of carbonyl (C=O) groups is 1. The van der Waals surface area contributed by atoms with Crippen molar-refractivity contribution in [2.75, 3.05) is 0 Å². The van der Waals surface area contributed by atoms with E-state index in [-0.39, 0.29) is 5.69 Å². The van der Waals surface area contributed by atoms with Gasteiger partial charge < -0.3 is 9.67 Å². The number of hydrogen-bond donors (Lipinski definition) is 1. The van der Waals surface area contributed by atoms with Gasteiger partial charge >= 0.3 is 5.97 Å². The number of carboxylic acids is 1. The zero-order chi connectivity index (χ0) is 14.1. The van der Waals surface area contributed by atoms with E-state index in [1.165, 1.54) is 11.3 Å². The van der Waals surface area contributed by atoms with Crippen molar-refractivity contribution in [2.24, 2.45) is 7.05 Å². The first-order valence-corrected chi connectivity index (χ1v) is 6.70. The molecule has 0 radical (unpaired) electrons. The van der Waals surface area contributed by atoms with Gasteiger partial charge in [-0.1, -0.05) is 11.3 Å². The second kappa shape index (κ2) is 4.89. The first kappa shape index (κ1) is 12.5. The van der Waals surface area contributed by atoms with Gasteiger partial charge in [-0.15, -0.1) is 16.4 Å². The average molecular weight is 289 g/mol. The lowest BCUT2D eigenvalue weighted by Crippen LogP contribution is -2.08. The molecule has 0 fully saturated rings. The van der Waals surface area contributed by atoms with Gasteiger partial charge in [-0.2, -0.15) is 0 Å². The summed E-state index contributed by atoms with van der Waals surface area (Å²) in [5.41, 5.74) is 1.41. The van der Waals surface area contributed by atoms with Crippen LogP contribution < -0.4 is 0 Å². The van der Waals surface area contributed by atoms with E-state index in [1.54, 1.807) is 17.2 Å². The number of aromatic nitrogens is 5. The van der Waals surface area contributed by atoms with Crippen LogP contribution in [-0.2, 0) is 13.6 Å². The maximum Gasteiger partial charge on any atom is 0.358 e. The number of thiophene rings is 1. The van der Waals surface area contributed by atoms with Crippen molar-refractivity contribution in [3.05, 3.63) is 41.4 Å². The summed E-state index contributed by atoms with van der Waals surface area (Å²) in [5, 5.41) is 18.9. The van der Waals surface area contributed by atoms with Crippen molar-refractivity contribution in [3.63, 3.8) is 0 Å². The highest BCUT2D eigenvalue weighted by atomic mass is 32.1. The lowest BCUT2D eigenvalue weighted by Gasteiger charge is -2.06. The molecule has 0 spiro atoms. The van der Waals surface area contributed by atoms with Crippen molar-refractivity contribution in [3.8, 4) is 10.6 Å². The Labute approximate surface area is 118 Å². The monoisotopic (exact) mass is 289 g/mol. The van der Waals surface area contributed by atoms with E-state index >= 15 is 0 Å². The molecule has 0 aliphatic heterocycles. The zero-order valence-electron chi connectivity index (χ0n) is 10.6. The summed E-state index contributed by atoms with van der Waals surface area (Å²) >= 11 is 1.46. The molecule has 3 heterocycles. The van der Waals surface area contributed by atoms with Gasteiger partial charge in [-0.3, -0.25) is 0 Å². The number of nitrogens with zero attached hydrogens (tertiary/aromatic N) is 5. The summed E-state index contributed by atoms with van der Waals surface area (Å²) < 4.78 is 3.45. The van der Waals surface area contributed by atoms with Crippen LogP contribution in [0.25, 0.3) is 10.6 Å². The van der Waals surface area contributed by atoms with Gasteiger partial charge in [0, 0.05) is 7.05 Å². The third-order valence-electron chi connectivity index (χ3n) is 2.92. The second-order valence-electron chi connectivity index (χ2n) is 4.22. The van der Waals surface area contributed by atoms with Crippen LogP contribution >= 0.6 is 11.3 Å². The molecule has 1 N–H and O–H groups in total. The van der Waals surface area contributed by atoms with E-state index in [0.717, 1.165) is 10.6 Å². The number of aromatic carboxylic acids is 1. The third kappa shape index (κ3) is 2.10. The standard InChI is InChI=1S/C12H11N5O2S/c1-16-7-13-5-8(16)6-17-11(9-3-2-4-20-9)10(12(18)19)14-15-17/h2-5,7H,6H2,1H3,(H,18,19). The normalized spacial score (nSPS) is 10.8. The molecule has 0 saturated carbocycles. The van der Waals surface area contributed by atoms with Gasteiger partial charge in [-0.25, -0.2) is 14.5 Å². The first-order valence-electron chi connectivity index (χ1n) is 5.82. The topological polar surface area (TPSA) is 85.8 Å². The molecule has 0 saturated heterocycles. The molecule has 0 amide bonds. The lowest BCUT2D eigenvalue weighted by atomic mass is 10.2. The van der Waals surface area contributed by atoms with Gasteiger partial charge in [0.2, 0.25) is 0 Å². The molecule has 0 aromatic carbocycles. The highest BCUT2D eigenvalue weighted by Crippen LogP contribution is 2.27. The molecule has 3 aromatic rings. The van der Waals surface area contributed by atoms with E-state index in [1.807, 2.05) is 29.1 Å². The van der Waals surface area contributed by atoms with Crippen LogP contribution in [0.4, 0.5) is 0 Å². The van der Waals surface area contributed by atoms with Gasteiger partial charge in [0.1, 0.15) is 5.69 Å². The molecule has 7 nitrogen and oxygen atoms in total. The minimum Gasteiger partial charge on any atom is -0.476 e. The van der Waals surface area contributed by atoms with Crippen molar-refractivity contribution < 1.29 is 9.90 Å². The molecular formula is C12H11N5O2S. The maximum absolute atomic E-state index is 11.3. The molecule has 8 heteroatoms. The van der Waals surface area contributed by atoms with Crippen LogP contribution in [0.2, 0.25) is 0 Å². The first-order chi connectivity index (χ1) is 9.66. The molecule has 20 heavy (non-hydrogen) atoms. The Hall–Kier alpha value is -2.48. The fourth-order valence-corrected chi connectivity index (χ4v) is 2.69. The van der Waals surface area contributed by atoms with Crippen LogP contribution in [-0.4, -0.2) is 35.6 Å². The Morgan fingerprint density at radius 3 is 2.95 bits per heavy atom. The fraction of sp³-hybridized carbons (Fsp3) is 0.167. The SMILES string of the molecule is Cn1cncc1Cn1nnc(C(=O)O)c1-c1cccs1. The maximum atomic E-state index is 11.3. The van der Waals surface area contributed by atoms with E-state index in [4.69, 9.17) is 0 Å². The summed E-state index contributed by atoms with van der Waals surface area (Å²) in [6.07, 6.45) is 3.41. The van der Waals surface area contributed by atoms with E-state index < -0.39 is 5.97 Å². The Kier molecular flexibility index (Phi) is 3.07. The predicted octanol–water partition coefficient (Wildman–Crippen LogP) is 1.49. The zero-order valence-corrected chi connectivity index (χ0v) is 11.4. The number of carboxylic acid groups (broad SMARTS) is 1. The number of aryl methyl sites for hydroxylation is 1. The number of rotatable bonds is 4. The quantitative estimate of drug-likeness (QED) is 0.786. The minimum atomic E-state index is -1.08. The molecule has 0 atom stereocenters. The van der Waals surface area contributed by atoms with Gasteiger partial charge in [0.05, 0.1) is 29.6 Å². The molecule has 0 bridgehead atoms. The van der Waals surface area contributed by atoms with Gasteiger partial charge in [0.15, 0.2) is 5.69 Å². The van der Waals surface area contributed by atoms with Crippen molar-refractivity contribution in [1.82, 2.24) is 24.5 Å². The summed E-state index contributed by atoms with van der Waals surface area (Å²) in [6, 6.07) is 3.72. The summed E-state index contributed by atoms with van der Waals surface area (Å²) in [6.45, 7) is 0.421. The minimum absolute atomic E-state index is 0.0328. The van der Waals surface area contributed by atoms with Crippen LogP contribution in [0.3, 0.4) is 0 Å². The summed E-state index contributed by atoms with van der Waals surface area (Å²) in [4.78, 5) is 16.1. The summed E-state index contributed by atoms with van der Waals surface area (Å²) in [7, 11) is 1.88. The van der Waals surface area contributed by atoms with E-state index in [2.05, 4.69) is 15.3 Å². The highest BCUT2D eigenvalue weighted by Gasteiger charge is 2.21. The lowest BCUT2D eigenvalue weighted by molar-refractivity contribution is 0.0691. The second-order valence-corrected chi connectivity index (χ2v) is 5.17. The molecule has 0 aliphatic rings.